The van der Waals surface area contributed by atoms with E-state index in [2.05, 4.69) is 0 Å². The first-order valence-corrected chi connectivity index (χ1v) is 5.69. The number of benzene rings is 2. The molecular weight excluding hydrogens is 271 g/mol. The summed E-state index contributed by atoms with van der Waals surface area (Å²) in [5, 5.41) is 0. The number of methoxy groups -OCH3 is 1. The fourth-order valence-corrected chi connectivity index (χ4v) is 1.59. The van der Waals surface area contributed by atoms with Crippen LogP contribution in [0.2, 0.25) is 0 Å². The van der Waals surface area contributed by atoms with Crippen LogP contribution in [-0.2, 0) is 6.18 Å². The highest BCUT2D eigenvalue weighted by atomic mass is 19.4. The highest BCUT2D eigenvalue weighted by Gasteiger charge is 2.30. The zero-order chi connectivity index (χ0) is 14.8. The van der Waals surface area contributed by atoms with Gasteiger partial charge in [0.1, 0.15) is 11.5 Å². The SMILES string of the molecule is COc1ccc(Oc2ccc(C(F)(F)F)cc2)c(N)c1. The van der Waals surface area contributed by atoms with E-state index in [1.165, 1.54) is 19.2 Å². The summed E-state index contributed by atoms with van der Waals surface area (Å²) in [6.45, 7) is 0. The molecule has 20 heavy (non-hydrogen) atoms. The Morgan fingerprint density at radius 3 is 2.05 bits per heavy atom. The van der Waals surface area contributed by atoms with Gasteiger partial charge in [0, 0.05) is 6.07 Å². The van der Waals surface area contributed by atoms with Gasteiger partial charge in [0.15, 0.2) is 5.75 Å². The van der Waals surface area contributed by atoms with Crippen LogP contribution in [-0.4, -0.2) is 7.11 Å². The zero-order valence-corrected chi connectivity index (χ0v) is 10.6. The van der Waals surface area contributed by atoms with Crippen LogP contribution in [0.4, 0.5) is 18.9 Å². The van der Waals surface area contributed by atoms with Gasteiger partial charge in [0.2, 0.25) is 0 Å². The third kappa shape index (κ3) is 3.14. The molecule has 2 aromatic rings. The van der Waals surface area contributed by atoms with Crippen molar-refractivity contribution in [2.45, 2.75) is 6.18 Å². The van der Waals surface area contributed by atoms with Crippen LogP contribution in [0, 0.1) is 0 Å². The Morgan fingerprint density at radius 1 is 0.950 bits per heavy atom. The van der Waals surface area contributed by atoms with E-state index in [4.69, 9.17) is 15.2 Å². The quantitative estimate of drug-likeness (QED) is 0.863. The maximum Gasteiger partial charge on any atom is 0.416 e. The molecule has 0 saturated carbocycles. The molecule has 106 valence electrons. The highest BCUT2D eigenvalue weighted by molar-refractivity contribution is 5.57. The number of ether oxygens (including phenoxy) is 2. The summed E-state index contributed by atoms with van der Waals surface area (Å²) in [5.74, 6) is 1.20. The van der Waals surface area contributed by atoms with E-state index < -0.39 is 11.7 Å². The van der Waals surface area contributed by atoms with Gasteiger partial charge in [-0.2, -0.15) is 13.2 Å². The number of hydrogen-bond donors (Lipinski definition) is 1. The molecule has 0 heterocycles. The Kier molecular flexibility index (Phi) is 3.74. The van der Waals surface area contributed by atoms with Gasteiger partial charge in [-0.05, 0) is 36.4 Å². The van der Waals surface area contributed by atoms with Crippen LogP contribution in [0.5, 0.6) is 17.2 Å². The highest BCUT2D eigenvalue weighted by Crippen LogP contribution is 2.33. The van der Waals surface area contributed by atoms with Crippen LogP contribution >= 0.6 is 0 Å². The van der Waals surface area contributed by atoms with Crippen molar-refractivity contribution in [1.82, 2.24) is 0 Å². The lowest BCUT2D eigenvalue weighted by Crippen LogP contribution is -2.04. The minimum Gasteiger partial charge on any atom is -0.497 e. The third-order valence-electron chi connectivity index (χ3n) is 2.63. The molecule has 0 aliphatic carbocycles. The van der Waals surface area contributed by atoms with Gasteiger partial charge in [0.05, 0.1) is 18.4 Å². The number of rotatable bonds is 3. The van der Waals surface area contributed by atoms with E-state index in [1.54, 1.807) is 18.2 Å². The standard InChI is InChI=1S/C14H12F3NO2/c1-19-11-6-7-13(12(18)8-11)20-10-4-2-9(3-5-10)14(15,16)17/h2-8H,18H2,1H3. The second-order valence-electron chi connectivity index (χ2n) is 4.03. The zero-order valence-electron chi connectivity index (χ0n) is 10.6. The van der Waals surface area contributed by atoms with E-state index in [-0.39, 0.29) is 5.75 Å². The minimum absolute atomic E-state index is 0.273. The predicted octanol–water partition coefficient (Wildman–Crippen LogP) is 4.09. The first-order chi connectivity index (χ1) is 9.40. The topological polar surface area (TPSA) is 44.5 Å². The molecule has 0 spiro atoms. The third-order valence-corrected chi connectivity index (χ3v) is 2.63. The number of hydrogen-bond acceptors (Lipinski definition) is 3. The summed E-state index contributed by atoms with van der Waals surface area (Å²) in [4.78, 5) is 0. The van der Waals surface area contributed by atoms with E-state index in [1.807, 2.05) is 0 Å². The first-order valence-electron chi connectivity index (χ1n) is 5.69. The molecule has 2 rings (SSSR count). The van der Waals surface area contributed by atoms with Gasteiger partial charge in [-0.25, -0.2) is 0 Å². The van der Waals surface area contributed by atoms with E-state index in [9.17, 15) is 13.2 Å². The van der Waals surface area contributed by atoms with Crippen molar-refractivity contribution in [3.05, 3.63) is 48.0 Å². The number of alkyl halides is 3. The molecular formula is C14H12F3NO2. The Balaban J connectivity index is 2.18. The lowest BCUT2D eigenvalue weighted by Gasteiger charge is -2.11. The van der Waals surface area contributed by atoms with Crippen LogP contribution < -0.4 is 15.2 Å². The van der Waals surface area contributed by atoms with Crippen LogP contribution in [0.15, 0.2) is 42.5 Å². The number of halogens is 3. The second-order valence-corrected chi connectivity index (χ2v) is 4.03. The maximum atomic E-state index is 12.4. The normalized spacial score (nSPS) is 11.2. The second kappa shape index (κ2) is 5.32. The molecule has 0 fully saturated rings. The van der Waals surface area contributed by atoms with Gasteiger partial charge in [-0.3, -0.25) is 0 Å². The molecule has 0 radical (unpaired) electrons. The van der Waals surface area contributed by atoms with Crippen molar-refractivity contribution in [2.24, 2.45) is 0 Å². The summed E-state index contributed by atoms with van der Waals surface area (Å²) in [7, 11) is 1.51. The Morgan fingerprint density at radius 2 is 1.55 bits per heavy atom. The fourth-order valence-electron chi connectivity index (χ4n) is 1.59. The van der Waals surface area contributed by atoms with E-state index in [0.29, 0.717) is 17.2 Å². The van der Waals surface area contributed by atoms with Crippen LogP contribution in [0.1, 0.15) is 5.56 Å². The molecule has 0 bridgehead atoms. The largest absolute Gasteiger partial charge is 0.497 e. The van der Waals surface area contributed by atoms with Gasteiger partial charge in [-0.15, -0.1) is 0 Å². The average molecular weight is 283 g/mol. The van der Waals surface area contributed by atoms with Crippen molar-refractivity contribution >= 4 is 5.69 Å². The monoisotopic (exact) mass is 283 g/mol. The summed E-state index contributed by atoms with van der Waals surface area (Å²) < 4.78 is 47.7. The summed E-state index contributed by atoms with van der Waals surface area (Å²) >= 11 is 0. The van der Waals surface area contributed by atoms with Crippen LogP contribution in [0.3, 0.4) is 0 Å². The van der Waals surface area contributed by atoms with Crippen molar-refractivity contribution in [3.63, 3.8) is 0 Å². The molecule has 2 aromatic carbocycles. The summed E-state index contributed by atoms with van der Waals surface area (Å²) in [6.07, 6.45) is -4.36. The average Bonchev–Trinajstić information content (AvgIpc) is 2.40. The van der Waals surface area contributed by atoms with Crippen molar-refractivity contribution in [3.8, 4) is 17.2 Å². The smallest absolute Gasteiger partial charge is 0.416 e. The molecule has 6 heteroatoms. The summed E-state index contributed by atoms with van der Waals surface area (Å²) in [6, 6.07) is 9.20. The predicted molar refractivity (Wildman–Crippen MR) is 68.9 cm³/mol. The molecule has 0 aliphatic heterocycles. The molecule has 0 saturated heterocycles. The van der Waals surface area contributed by atoms with E-state index >= 15 is 0 Å². The first kappa shape index (κ1) is 14.0. The minimum atomic E-state index is -4.36. The van der Waals surface area contributed by atoms with Crippen molar-refractivity contribution in [1.29, 1.82) is 0 Å². The van der Waals surface area contributed by atoms with Gasteiger partial charge in [-0.1, -0.05) is 0 Å². The molecule has 0 amide bonds. The maximum absolute atomic E-state index is 12.4. The number of nitrogen functional groups attached to an aromatic ring is 1. The lowest BCUT2D eigenvalue weighted by atomic mass is 10.2. The molecule has 0 atom stereocenters. The van der Waals surface area contributed by atoms with Gasteiger partial charge >= 0.3 is 6.18 Å². The molecule has 3 nitrogen and oxygen atoms in total. The van der Waals surface area contributed by atoms with Crippen LogP contribution in [0.25, 0.3) is 0 Å². The molecule has 2 N–H and O–H groups in total. The molecule has 0 aromatic heterocycles. The molecule has 0 aliphatic rings. The number of nitrogens with two attached hydrogens (primary N) is 1. The fraction of sp³-hybridized carbons (Fsp3) is 0.143. The van der Waals surface area contributed by atoms with Crippen molar-refractivity contribution < 1.29 is 22.6 Å². The number of anilines is 1. The van der Waals surface area contributed by atoms with Gasteiger partial charge in [0.25, 0.3) is 0 Å². The lowest BCUT2D eigenvalue weighted by molar-refractivity contribution is -0.137. The van der Waals surface area contributed by atoms with E-state index in [0.717, 1.165) is 12.1 Å². The van der Waals surface area contributed by atoms with Gasteiger partial charge < -0.3 is 15.2 Å². The van der Waals surface area contributed by atoms with Crippen molar-refractivity contribution in [2.75, 3.05) is 12.8 Å². The Bertz CT molecular complexity index is 594. The molecule has 0 unspecified atom stereocenters. The summed E-state index contributed by atoms with van der Waals surface area (Å²) in [5.41, 5.74) is 5.37. The Hall–Kier alpha value is -2.37. The Labute approximate surface area is 113 Å².